The Balaban J connectivity index is 2.33. The zero-order chi connectivity index (χ0) is 14.9. The lowest BCUT2D eigenvalue weighted by molar-refractivity contribution is -0.137. The zero-order valence-electron chi connectivity index (χ0n) is 10.5. The Morgan fingerprint density at radius 3 is 2.35 bits per heavy atom. The molecule has 0 aliphatic heterocycles. The predicted molar refractivity (Wildman–Crippen MR) is 72.1 cm³/mol. The maximum atomic E-state index is 12.5. The molecule has 2 N–H and O–H groups in total. The largest absolute Gasteiger partial charge is 0.454 e. The Hall–Kier alpha value is -1.88. The summed E-state index contributed by atoms with van der Waals surface area (Å²) < 4.78 is 43.0. The summed E-state index contributed by atoms with van der Waals surface area (Å²) in [5, 5.41) is 0.356. The van der Waals surface area contributed by atoms with Gasteiger partial charge in [-0.2, -0.15) is 13.2 Å². The van der Waals surface area contributed by atoms with Gasteiger partial charge in [-0.15, -0.1) is 0 Å². The lowest BCUT2D eigenvalue weighted by atomic mass is 10.2. The number of nitrogen functional groups attached to an aromatic ring is 1. The number of alkyl halides is 3. The molecule has 20 heavy (non-hydrogen) atoms. The Labute approximate surface area is 118 Å². The first-order valence-electron chi connectivity index (χ1n) is 5.68. The minimum absolute atomic E-state index is 0.0996. The van der Waals surface area contributed by atoms with Crippen molar-refractivity contribution in [1.29, 1.82) is 0 Å². The van der Waals surface area contributed by atoms with Gasteiger partial charge in [-0.3, -0.25) is 0 Å². The van der Waals surface area contributed by atoms with E-state index in [4.69, 9.17) is 22.1 Å². The van der Waals surface area contributed by atoms with Gasteiger partial charge in [-0.05, 0) is 42.8 Å². The SMILES string of the molecule is Cc1ccc(Cl)c(Oc2ccc(C(F)(F)F)cc2N)c1. The molecule has 106 valence electrons. The molecule has 0 atom stereocenters. The number of aryl methyl sites for hydroxylation is 1. The summed E-state index contributed by atoms with van der Waals surface area (Å²) in [6.45, 7) is 1.85. The van der Waals surface area contributed by atoms with Gasteiger partial charge in [0.05, 0.1) is 16.3 Å². The topological polar surface area (TPSA) is 35.2 Å². The Kier molecular flexibility index (Phi) is 3.81. The van der Waals surface area contributed by atoms with Crippen LogP contribution in [0.5, 0.6) is 11.5 Å². The molecule has 0 fully saturated rings. The van der Waals surface area contributed by atoms with E-state index in [1.807, 2.05) is 6.92 Å². The zero-order valence-corrected chi connectivity index (χ0v) is 11.2. The van der Waals surface area contributed by atoms with Gasteiger partial charge >= 0.3 is 6.18 Å². The van der Waals surface area contributed by atoms with Gasteiger partial charge in [-0.25, -0.2) is 0 Å². The summed E-state index contributed by atoms with van der Waals surface area (Å²) in [6.07, 6.45) is -4.44. The van der Waals surface area contributed by atoms with Crippen molar-refractivity contribution in [1.82, 2.24) is 0 Å². The average molecular weight is 302 g/mol. The molecule has 0 saturated carbocycles. The molecule has 0 aliphatic rings. The average Bonchev–Trinajstić information content (AvgIpc) is 2.35. The fourth-order valence-electron chi connectivity index (χ4n) is 1.62. The highest BCUT2D eigenvalue weighted by molar-refractivity contribution is 6.32. The number of hydrogen-bond donors (Lipinski definition) is 1. The standard InChI is InChI=1S/C14H11ClF3NO/c1-8-2-4-10(15)13(6-8)20-12-5-3-9(7-11(12)19)14(16,17)18/h2-7H,19H2,1H3. The molecule has 0 heterocycles. The number of benzene rings is 2. The van der Waals surface area contributed by atoms with E-state index in [0.717, 1.165) is 17.7 Å². The molecule has 0 bridgehead atoms. The number of hydrogen-bond acceptors (Lipinski definition) is 2. The molecular formula is C14H11ClF3NO. The fourth-order valence-corrected chi connectivity index (χ4v) is 1.78. The highest BCUT2D eigenvalue weighted by Crippen LogP contribution is 2.37. The predicted octanol–water partition coefficient (Wildman–Crippen LogP) is 5.04. The van der Waals surface area contributed by atoms with Crippen LogP contribution in [0.25, 0.3) is 0 Å². The second-order valence-electron chi connectivity index (χ2n) is 4.29. The first-order valence-corrected chi connectivity index (χ1v) is 6.06. The van der Waals surface area contributed by atoms with E-state index in [1.165, 1.54) is 6.07 Å². The van der Waals surface area contributed by atoms with Gasteiger partial charge in [0.1, 0.15) is 11.5 Å². The summed E-state index contributed by atoms with van der Waals surface area (Å²) >= 11 is 5.96. The van der Waals surface area contributed by atoms with E-state index < -0.39 is 11.7 Å². The number of rotatable bonds is 2. The van der Waals surface area contributed by atoms with Crippen LogP contribution in [0, 0.1) is 6.92 Å². The monoisotopic (exact) mass is 301 g/mol. The second kappa shape index (κ2) is 5.25. The third-order valence-electron chi connectivity index (χ3n) is 2.64. The summed E-state index contributed by atoms with van der Waals surface area (Å²) in [5.74, 6) is 0.476. The maximum Gasteiger partial charge on any atom is 0.416 e. The van der Waals surface area contributed by atoms with Crippen molar-refractivity contribution in [2.45, 2.75) is 13.1 Å². The second-order valence-corrected chi connectivity index (χ2v) is 4.69. The summed E-state index contributed by atoms with van der Waals surface area (Å²) in [6, 6.07) is 8.04. The Morgan fingerprint density at radius 1 is 1.05 bits per heavy atom. The van der Waals surface area contributed by atoms with E-state index in [1.54, 1.807) is 18.2 Å². The van der Waals surface area contributed by atoms with Gasteiger partial charge in [0.2, 0.25) is 0 Å². The summed E-state index contributed by atoms with van der Waals surface area (Å²) in [5.41, 5.74) is 5.58. The molecule has 0 saturated heterocycles. The highest BCUT2D eigenvalue weighted by Gasteiger charge is 2.31. The first-order chi connectivity index (χ1) is 9.27. The van der Waals surface area contributed by atoms with Crippen molar-refractivity contribution in [2.24, 2.45) is 0 Å². The van der Waals surface area contributed by atoms with Crippen LogP contribution >= 0.6 is 11.6 Å². The molecule has 0 unspecified atom stereocenters. The number of nitrogens with two attached hydrogens (primary N) is 1. The van der Waals surface area contributed by atoms with E-state index in [0.29, 0.717) is 10.8 Å². The van der Waals surface area contributed by atoms with Gasteiger partial charge in [0.15, 0.2) is 0 Å². The maximum absolute atomic E-state index is 12.5. The van der Waals surface area contributed by atoms with Crippen molar-refractivity contribution in [3.8, 4) is 11.5 Å². The molecule has 6 heteroatoms. The van der Waals surface area contributed by atoms with E-state index in [-0.39, 0.29) is 11.4 Å². The number of ether oxygens (including phenoxy) is 1. The highest BCUT2D eigenvalue weighted by atomic mass is 35.5. The lowest BCUT2D eigenvalue weighted by Crippen LogP contribution is -2.06. The van der Waals surface area contributed by atoms with E-state index >= 15 is 0 Å². The number of anilines is 1. The number of halogens is 4. The molecule has 0 amide bonds. The smallest absolute Gasteiger partial charge is 0.416 e. The van der Waals surface area contributed by atoms with Gasteiger partial charge < -0.3 is 10.5 Å². The van der Waals surface area contributed by atoms with Crippen molar-refractivity contribution in [2.75, 3.05) is 5.73 Å². The minimum atomic E-state index is -4.44. The molecule has 0 spiro atoms. The fraction of sp³-hybridized carbons (Fsp3) is 0.143. The van der Waals surface area contributed by atoms with Crippen LogP contribution in [-0.4, -0.2) is 0 Å². The van der Waals surface area contributed by atoms with Gasteiger partial charge in [0.25, 0.3) is 0 Å². The molecule has 2 nitrogen and oxygen atoms in total. The molecule has 2 aromatic carbocycles. The first kappa shape index (κ1) is 14.5. The molecule has 0 radical (unpaired) electrons. The Bertz CT molecular complexity index is 641. The lowest BCUT2D eigenvalue weighted by Gasteiger charge is -2.13. The third kappa shape index (κ3) is 3.17. The van der Waals surface area contributed by atoms with Crippen LogP contribution in [0.1, 0.15) is 11.1 Å². The van der Waals surface area contributed by atoms with Crippen molar-refractivity contribution in [3.63, 3.8) is 0 Å². The Morgan fingerprint density at radius 2 is 1.75 bits per heavy atom. The van der Waals surface area contributed by atoms with Gasteiger partial charge in [0, 0.05) is 0 Å². The minimum Gasteiger partial charge on any atom is -0.454 e. The molecular weight excluding hydrogens is 291 g/mol. The molecule has 0 aromatic heterocycles. The summed E-state index contributed by atoms with van der Waals surface area (Å²) in [7, 11) is 0. The quantitative estimate of drug-likeness (QED) is 0.789. The van der Waals surface area contributed by atoms with Gasteiger partial charge in [-0.1, -0.05) is 17.7 Å². The molecule has 2 rings (SSSR count). The van der Waals surface area contributed by atoms with Crippen LogP contribution in [0.4, 0.5) is 18.9 Å². The van der Waals surface area contributed by atoms with Crippen molar-refractivity contribution in [3.05, 3.63) is 52.5 Å². The van der Waals surface area contributed by atoms with Crippen LogP contribution < -0.4 is 10.5 Å². The van der Waals surface area contributed by atoms with Crippen LogP contribution in [-0.2, 0) is 6.18 Å². The third-order valence-corrected chi connectivity index (χ3v) is 2.96. The summed E-state index contributed by atoms with van der Waals surface area (Å²) in [4.78, 5) is 0. The van der Waals surface area contributed by atoms with Crippen molar-refractivity contribution < 1.29 is 17.9 Å². The normalized spacial score (nSPS) is 11.4. The van der Waals surface area contributed by atoms with Crippen LogP contribution in [0.2, 0.25) is 5.02 Å². The van der Waals surface area contributed by atoms with Crippen LogP contribution in [0.15, 0.2) is 36.4 Å². The van der Waals surface area contributed by atoms with Crippen LogP contribution in [0.3, 0.4) is 0 Å². The van der Waals surface area contributed by atoms with Crippen molar-refractivity contribution >= 4 is 17.3 Å². The van der Waals surface area contributed by atoms with E-state index in [9.17, 15) is 13.2 Å². The molecule has 2 aromatic rings. The van der Waals surface area contributed by atoms with E-state index in [2.05, 4.69) is 0 Å². The molecule has 0 aliphatic carbocycles.